The number of hydrogen-bond acceptors (Lipinski definition) is 3. The lowest BCUT2D eigenvalue weighted by Gasteiger charge is -2.38. The molecule has 0 radical (unpaired) electrons. The number of halogens is 4. The summed E-state index contributed by atoms with van der Waals surface area (Å²) in [6.07, 6.45) is -4.09. The van der Waals surface area contributed by atoms with Gasteiger partial charge in [0, 0.05) is 12.1 Å². The van der Waals surface area contributed by atoms with E-state index in [0.29, 0.717) is 29.0 Å². The van der Waals surface area contributed by atoms with Crippen molar-refractivity contribution in [3.05, 3.63) is 94.3 Å². The second-order valence-electron chi connectivity index (χ2n) is 7.69. The van der Waals surface area contributed by atoms with E-state index in [2.05, 4.69) is 0 Å². The number of carbonyl (C=O) groups is 1. The lowest BCUT2D eigenvalue weighted by molar-refractivity contribution is -0.137. The van der Waals surface area contributed by atoms with Gasteiger partial charge in [0.15, 0.2) is 11.5 Å². The molecule has 8 heteroatoms. The number of alkyl halides is 3. The molecule has 3 aromatic carbocycles. The van der Waals surface area contributed by atoms with Crippen LogP contribution in [0, 0.1) is 5.82 Å². The van der Waals surface area contributed by atoms with Crippen molar-refractivity contribution < 1.29 is 31.8 Å². The largest absolute Gasteiger partial charge is 0.493 e. The van der Waals surface area contributed by atoms with Crippen molar-refractivity contribution in [3.63, 3.8) is 0 Å². The number of benzene rings is 3. The maximum absolute atomic E-state index is 13.8. The molecule has 0 aromatic heterocycles. The molecule has 0 aliphatic carbocycles. The van der Waals surface area contributed by atoms with Crippen molar-refractivity contribution in [3.8, 4) is 11.5 Å². The lowest BCUT2D eigenvalue weighted by atomic mass is 9.86. The van der Waals surface area contributed by atoms with Crippen LogP contribution in [0.4, 0.5) is 17.6 Å². The van der Waals surface area contributed by atoms with Gasteiger partial charge < -0.3 is 14.4 Å². The molecule has 4 nitrogen and oxygen atoms in total. The Kier molecular flexibility index (Phi) is 6.01. The topological polar surface area (TPSA) is 38.8 Å². The van der Waals surface area contributed by atoms with Crippen LogP contribution in [-0.4, -0.2) is 31.6 Å². The molecule has 172 valence electrons. The number of amides is 1. The van der Waals surface area contributed by atoms with Crippen LogP contribution in [0.15, 0.2) is 60.7 Å². The average molecular weight is 459 g/mol. The van der Waals surface area contributed by atoms with E-state index in [0.717, 1.165) is 23.8 Å². The highest BCUT2D eigenvalue weighted by atomic mass is 19.4. The van der Waals surface area contributed by atoms with Crippen molar-refractivity contribution >= 4 is 5.91 Å². The predicted octanol–water partition coefficient (Wildman–Crippen LogP) is 5.65. The Morgan fingerprint density at radius 2 is 1.67 bits per heavy atom. The van der Waals surface area contributed by atoms with Crippen LogP contribution in [0.1, 0.15) is 38.7 Å². The van der Waals surface area contributed by atoms with Crippen LogP contribution < -0.4 is 9.47 Å². The summed E-state index contributed by atoms with van der Waals surface area (Å²) in [4.78, 5) is 14.9. The van der Waals surface area contributed by atoms with Gasteiger partial charge in [-0.1, -0.05) is 18.2 Å². The smallest absolute Gasteiger partial charge is 0.416 e. The maximum Gasteiger partial charge on any atom is 0.416 e. The van der Waals surface area contributed by atoms with Crippen LogP contribution in [0.2, 0.25) is 0 Å². The van der Waals surface area contributed by atoms with E-state index in [-0.39, 0.29) is 12.1 Å². The van der Waals surface area contributed by atoms with Crippen molar-refractivity contribution in [2.45, 2.75) is 18.6 Å². The van der Waals surface area contributed by atoms with E-state index in [9.17, 15) is 22.4 Å². The van der Waals surface area contributed by atoms with E-state index >= 15 is 0 Å². The lowest BCUT2D eigenvalue weighted by Crippen LogP contribution is -2.40. The molecule has 1 aliphatic heterocycles. The first-order valence-corrected chi connectivity index (χ1v) is 10.2. The number of ether oxygens (including phenoxy) is 2. The highest BCUT2D eigenvalue weighted by molar-refractivity contribution is 5.95. The van der Waals surface area contributed by atoms with Gasteiger partial charge in [-0.05, 0) is 65.6 Å². The quantitative estimate of drug-likeness (QED) is 0.474. The summed E-state index contributed by atoms with van der Waals surface area (Å²) >= 11 is 0. The highest BCUT2D eigenvalue weighted by Crippen LogP contribution is 2.42. The Balaban J connectivity index is 1.89. The third-order valence-electron chi connectivity index (χ3n) is 5.74. The van der Waals surface area contributed by atoms with Crippen molar-refractivity contribution in [2.24, 2.45) is 0 Å². The minimum atomic E-state index is -4.54. The number of methoxy groups -OCH3 is 2. The van der Waals surface area contributed by atoms with E-state index < -0.39 is 29.5 Å². The van der Waals surface area contributed by atoms with Gasteiger partial charge in [0.25, 0.3) is 5.91 Å². The van der Waals surface area contributed by atoms with Crippen molar-refractivity contribution in [1.82, 2.24) is 4.90 Å². The van der Waals surface area contributed by atoms with Gasteiger partial charge in [-0.25, -0.2) is 4.39 Å². The molecule has 33 heavy (non-hydrogen) atoms. The number of carbonyl (C=O) groups excluding carboxylic acids is 1. The summed E-state index contributed by atoms with van der Waals surface area (Å²) in [7, 11) is 2.96. The van der Waals surface area contributed by atoms with Crippen LogP contribution >= 0.6 is 0 Å². The van der Waals surface area contributed by atoms with Gasteiger partial charge in [-0.2, -0.15) is 13.2 Å². The first kappa shape index (κ1) is 22.6. The predicted molar refractivity (Wildman–Crippen MR) is 114 cm³/mol. The minimum Gasteiger partial charge on any atom is -0.493 e. The van der Waals surface area contributed by atoms with E-state index in [1.165, 1.54) is 43.4 Å². The minimum absolute atomic E-state index is 0.121. The molecule has 1 atom stereocenters. The molecule has 4 rings (SSSR count). The van der Waals surface area contributed by atoms with E-state index in [1.54, 1.807) is 18.2 Å². The molecule has 0 unspecified atom stereocenters. The summed E-state index contributed by atoms with van der Waals surface area (Å²) in [5, 5.41) is 0. The van der Waals surface area contributed by atoms with E-state index in [1.807, 2.05) is 0 Å². The molecule has 3 aromatic rings. The molecular formula is C25H21F4NO3. The molecule has 1 heterocycles. The van der Waals surface area contributed by atoms with Crippen LogP contribution in [0.25, 0.3) is 0 Å². The van der Waals surface area contributed by atoms with Gasteiger partial charge in [0.05, 0.1) is 25.8 Å². The summed E-state index contributed by atoms with van der Waals surface area (Å²) in [5.41, 5.74) is 1.06. The normalized spacial score (nSPS) is 15.7. The molecular weight excluding hydrogens is 438 g/mol. The number of fused-ring (bicyclic) bond motifs is 1. The Morgan fingerprint density at radius 3 is 2.33 bits per heavy atom. The Bertz CT molecular complexity index is 1190. The molecule has 1 amide bonds. The molecule has 0 bridgehead atoms. The zero-order valence-corrected chi connectivity index (χ0v) is 17.9. The Morgan fingerprint density at radius 1 is 0.970 bits per heavy atom. The standard InChI is InChI=1S/C25H21F4NO3/c1-32-21-13-15-9-10-30(24(31)17-6-4-8-19(26)12-17)23(20(15)14-22(21)33-2)16-5-3-7-18(11-16)25(27,28)29/h3-8,11-14,23H,9-10H2,1-2H3/t23-/m1/s1. The Labute approximate surface area is 188 Å². The number of rotatable bonds is 4. The SMILES string of the molecule is COc1cc2c(cc1OC)[C@@H](c1cccc(C(F)(F)F)c1)N(C(=O)c1cccc(F)c1)CC2. The molecule has 0 N–H and O–H groups in total. The van der Waals surface area contributed by atoms with Crippen LogP contribution in [-0.2, 0) is 12.6 Å². The molecule has 1 aliphatic rings. The van der Waals surface area contributed by atoms with Gasteiger partial charge >= 0.3 is 6.18 Å². The summed E-state index contributed by atoms with van der Waals surface area (Å²) in [6, 6.07) is 12.8. The molecule has 0 saturated carbocycles. The zero-order valence-electron chi connectivity index (χ0n) is 17.9. The van der Waals surface area contributed by atoms with Gasteiger partial charge in [0.2, 0.25) is 0 Å². The number of nitrogens with zero attached hydrogens (tertiary/aromatic N) is 1. The fourth-order valence-electron chi connectivity index (χ4n) is 4.20. The zero-order chi connectivity index (χ0) is 23.8. The van der Waals surface area contributed by atoms with Crippen LogP contribution in [0.3, 0.4) is 0 Å². The Hall–Kier alpha value is -3.55. The second-order valence-corrected chi connectivity index (χ2v) is 7.69. The second kappa shape index (κ2) is 8.77. The van der Waals surface area contributed by atoms with Crippen molar-refractivity contribution in [2.75, 3.05) is 20.8 Å². The summed E-state index contributed by atoms with van der Waals surface area (Å²) in [6.45, 7) is 0.235. The first-order chi connectivity index (χ1) is 15.7. The number of hydrogen-bond donors (Lipinski definition) is 0. The average Bonchev–Trinajstić information content (AvgIpc) is 2.81. The monoisotopic (exact) mass is 459 g/mol. The molecule has 0 saturated heterocycles. The summed E-state index contributed by atoms with van der Waals surface area (Å²) in [5.74, 6) is -0.158. The van der Waals surface area contributed by atoms with Gasteiger partial charge in [0.1, 0.15) is 5.82 Å². The van der Waals surface area contributed by atoms with E-state index in [4.69, 9.17) is 9.47 Å². The van der Waals surface area contributed by atoms with Crippen molar-refractivity contribution in [1.29, 1.82) is 0 Å². The first-order valence-electron chi connectivity index (χ1n) is 10.2. The third-order valence-corrected chi connectivity index (χ3v) is 5.74. The molecule has 0 fully saturated rings. The van der Waals surface area contributed by atoms with Gasteiger partial charge in [-0.15, -0.1) is 0 Å². The fourth-order valence-corrected chi connectivity index (χ4v) is 4.20. The molecule has 0 spiro atoms. The van der Waals surface area contributed by atoms with Gasteiger partial charge in [-0.3, -0.25) is 4.79 Å². The third kappa shape index (κ3) is 4.37. The maximum atomic E-state index is 13.8. The fraction of sp³-hybridized carbons (Fsp3) is 0.240. The summed E-state index contributed by atoms with van der Waals surface area (Å²) < 4.78 is 64.9. The van der Waals surface area contributed by atoms with Crippen LogP contribution in [0.5, 0.6) is 11.5 Å². The highest BCUT2D eigenvalue weighted by Gasteiger charge is 2.36.